The van der Waals surface area contributed by atoms with Gasteiger partial charge in [-0.1, -0.05) is 42.0 Å². The molecule has 0 unspecified atom stereocenters. The van der Waals surface area contributed by atoms with Gasteiger partial charge in [0.25, 0.3) is 5.91 Å². The Morgan fingerprint density at radius 2 is 1.69 bits per heavy atom. The lowest BCUT2D eigenvalue weighted by Crippen LogP contribution is -2.46. The summed E-state index contributed by atoms with van der Waals surface area (Å²) in [5.41, 5.74) is 5.97. The van der Waals surface area contributed by atoms with E-state index in [1.165, 1.54) is 0 Å². The van der Waals surface area contributed by atoms with Gasteiger partial charge in [-0.05, 0) is 50.5 Å². The van der Waals surface area contributed by atoms with Gasteiger partial charge in [-0.3, -0.25) is 4.79 Å². The van der Waals surface area contributed by atoms with Gasteiger partial charge >= 0.3 is 6.03 Å². The highest BCUT2D eigenvalue weighted by Crippen LogP contribution is 2.28. The number of nitrogens with one attached hydrogen (secondary N) is 3. The van der Waals surface area contributed by atoms with Gasteiger partial charge in [-0.25, -0.2) is 4.79 Å². The Morgan fingerprint density at radius 3 is 2.38 bits per heavy atom. The summed E-state index contributed by atoms with van der Waals surface area (Å²) in [4.78, 5) is 25.0. The van der Waals surface area contributed by atoms with E-state index in [1.807, 2.05) is 63.2 Å². The number of amides is 3. The highest BCUT2D eigenvalue weighted by molar-refractivity contribution is 6.07. The van der Waals surface area contributed by atoms with E-state index in [4.69, 9.17) is 0 Å². The summed E-state index contributed by atoms with van der Waals surface area (Å²) >= 11 is 0. The number of anilines is 1. The van der Waals surface area contributed by atoms with Crippen LogP contribution in [0.3, 0.4) is 0 Å². The molecule has 134 valence electrons. The largest absolute Gasteiger partial charge is 0.327 e. The molecule has 2 aromatic carbocycles. The second kappa shape index (κ2) is 7.04. The first-order chi connectivity index (χ1) is 12.4. The van der Waals surface area contributed by atoms with Crippen molar-refractivity contribution in [2.45, 2.75) is 33.7 Å². The molecule has 3 amide bonds. The van der Waals surface area contributed by atoms with Crippen molar-refractivity contribution in [3.05, 3.63) is 76.0 Å². The predicted octanol–water partition coefficient (Wildman–Crippen LogP) is 3.88. The molecule has 26 heavy (non-hydrogen) atoms. The maximum absolute atomic E-state index is 13.0. The first-order valence-corrected chi connectivity index (χ1v) is 8.59. The molecular formula is C21H23N3O2. The summed E-state index contributed by atoms with van der Waals surface area (Å²) in [6.07, 6.45) is 0. The normalized spacial score (nSPS) is 16.8. The molecular weight excluding hydrogens is 326 g/mol. The Balaban J connectivity index is 1.96. The third kappa shape index (κ3) is 3.47. The molecule has 0 radical (unpaired) electrons. The Kier molecular flexibility index (Phi) is 4.80. The van der Waals surface area contributed by atoms with Crippen molar-refractivity contribution in [1.82, 2.24) is 10.6 Å². The highest BCUT2D eigenvalue weighted by atomic mass is 16.2. The minimum Gasteiger partial charge on any atom is -0.327 e. The minimum absolute atomic E-state index is 0.228. The third-order valence-electron chi connectivity index (χ3n) is 4.78. The Morgan fingerprint density at radius 1 is 1.00 bits per heavy atom. The van der Waals surface area contributed by atoms with E-state index in [2.05, 4.69) is 16.0 Å². The zero-order valence-corrected chi connectivity index (χ0v) is 15.4. The molecule has 0 spiro atoms. The summed E-state index contributed by atoms with van der Waals surface area (Å²) in [6.45, 7) is 7.73. The molecule has 0 aromatic heterocycles. The number of urea groups is 1. The van der Waals surface area contributed by atoms with Crippen LogP contribution in [-0.2, 0) is 4.79 Å². The lowest BCUT2D eigenvalue weighted by Gasteiger charge is -2.29. The van der Waals surface area contributed by atoms with Crippen LogP contribution in [0.2, 0.25) is 0 Å². The molecule has 3 N–H and O–H groups in total. The summed E-state index contributed by atoms with van der Waals surface area (Å²) in [5, 5.41) is 8.55. The van der Waals surface area contributed by atoms with Crippen LogP contribution in [0, 0.1) is 20.8 Å². The molecule has 1 aliphatic heterocycles. The molecule has 5 nitrogen and oxygen atoms in total. The molecule has 2 aromatic rings. The van der Waals surface area contributed by atoms with Crippen molar-refractivity contribution >= 4 is 17.6 Å². The Bertz CT molecular complexity index is 898. The minimum atomic E-state index is -0.491. The number of benzene rings is 2. The van der Waals surface area contributed by atoms with Crippen molar-refractivity contribution in [2.75, 3.05) is 5.32 Å². The Labute approximate surface area is 153 Å². The molecule has 0 aliphatic carbocycles. The number of aryl methyl sites for hydroxylation is 2. The van der Waals surface area contributed by atoms with Crippen LogP contribution in [0.5, 0.6) is 0 Å². The zero-order chi connectivity index (χ0) is 18.8. The second-order valence-corrected chi connectivity index (χ2v) is 6.68. The number of hydrogen-bond acceptors (Lipinski definition) is 2. The molecule has 0 saturated heterocycles. The summed E-state index contributed by atoms with van der Waals surface area (Å²) in [5.74, 6) is -0.228. The van der Waals surface area contributed by atoms with Gasteiger partial charge in [0, 0.05) is 11.4 Å². The van der Waals surface area contributed by atoms with Crippen molar-refractivity contribution in [3.8, 4) is 0 Å². The van der Waals surface area contributed by atoms with Crippen molar-refractivity contribution < 1.29 is 9.59 Å². The SMILES string of the molecule is CC1=C(C(=O)Nc2cccc(C)c2C)[C@H](c2ccc(C)cc2)NC(=O)N1. The quantitative estimate of drug-likeness (QED) is 0.787. The van der Waals surface area contributed by atoms with Crippen LogP contribution in [-0.4, -0.2) is 11.9 Å². The molecule has 0 saturated carbocycles. The van der Waals surface area contributed by atoms with Crippen LogP contribution in [0.4, 0.5) is 10.5 Å². The van der Waals surface area contributed by atoms with Crippen LogP contribution >= 0.6 is 0 Å². The summed E-state index contributed by atoms with van der Waals surface area (Å²) in [7, 11) is 0. The molecule has 5 heteroatoms. The number of allylic oxidation sites excluding steroid dienone is 1. The molecule has 1 aliphatic rings. The molecule has 1 heterocycles. The maximum Gasteiger partial charge on any atom is 0.319 e. The number of carbonyl (C=O) groups excluding carboxylic acids is 2. The van der Waals surface area contributed by atoms with Gasteiger partial charge in [-0.15, -0.1) is 0 Å². The second-order valence-electron chi connectivity index (χ2n) is 6.68. The van der Waals surface area contributed by atoms with E-state index < -0.39 is 6.04 Å². The van der Waals surface area contributed by atoms with Crippen LogP contribution in [0.25, 0.3) is 0 Å². The van der Waals surface area contributed by atoms with Crippen molar-refractivity contribution in [2.24, 2.45) is 0 Å². The summed E-state index contributed by atoms with van der Waals surface area (Å²) in [6, 6.07) is 12.8. The van der Waals surface area contributed by atoms with Crippen molar-refractivity contribution in [1.29, 1.82) is 0 Å². The predicted molar refractivity (Wildman–Crippen MR) is 103 cm³/mol. The van der Waals surface area contributed by atoms with E-state index >= 15 is 0 Å². The maximum atomic E-state index is 13.0. The van der Waals surface area contributed by atoms with Gasteiger partial charge in [0.2, 0.25) is 0 Å². The number of hydrogen-bond donors (Lipinski definition) is 3. The topological polar surface area (TPSA) is 70.2 Å². The van der Waals surface area contributed by atoms with Gasteiger partial charge in [0.15, 0.2) is 0 Å². The van der Waals surface area contributed by atoms with E-state index in [0.717, 1.165) is 27.9 Å². The van der Waals surface area contributed by atoms with E-state index in [0.29, 0.717) is 11.3 Å². The van der Waals surface area contributed by atoms with Gasteiger partial charge in [-0.2, -0.15) is 0 Å². The smallest absolute Gasteiger partial charge is 0.319 e. The number of rotatable bonds is 3. The van der Waals surface area contributed by atoms with E-state index in [1.54, 1.807) is 6.92 Å². The summed E-state index contributed by atoms with van der Waals surface area (Å²) < 4.78 is 0. The lowest BCUT2D eigenvalue weighted by molar-refractivity contribution is -0.113. The zero-order valence-electron chi connectivity index (χ0n) is 15.4. The van der Waals surface area contributed by atoms with E-state index in [9.17, 15) is 9.59 Å². The first kappa shape index (κ1) is 17.7. The molecule has 0 fully saturated rings. The average molecular weight is 349 g/mol. The fourth-order valence-corrected chi connectivity index (χ4v) is 3.08. The molecule has 1 atom stereocenters. The van der Waals surface area contributed by atoms with Gasteiger partial charge in [0.1, 0.15) is 0 Å². The number of carbonyl (C=O) groups is 2. The average Bonchev–Trinajstić information content (AvgIpc) is 2.59. The van der Waals surface area contributed by atoms with E-state index in [-0.39, 0.29) is 11.9 Å². The standard InChI is InChI=1S/C21H23N3O2/c1-12-8-10-16(11-9-12)19-18(15(4)22-21(26)24-19)20(25)23-17-7-5-6-13(2)14(17)3/h5-11,19H,1-4H3,(H,23,25)(H2,22,24,26)/t19-/m0/s1. The van der Waals surface area contributed by atoms with Gasteiger partial charge < -0.3 is 16.0 Å². The van der Waals surface area contributed by atoms with Crippen LogP contribution < -0.4 is 16.0 Å². The van der Waals surface area contributed by atoms with Crippen LogP contribution in [0.1, 0.15) is 35.2 Å². The Hall–Kier alpha value is -3.08. The fourth-order valence-electron chi connectivity index (χ4n) is 3.08. The van der Waals surface area contributed by atoms with Gasteiger partial charge in [0.05, 0.1) is 11.6 Å². The van der Waals surface area contributed by atoms with Crippen LogP contribution in [0.15, 0.2) is 53.7 Å². The molecule has 3 rings (SSSR count). The fraction of sp³-hybridized carbons (Fsp3) is 0.238. The van der Waals surface area contributed by atoms with Crippen molar-refractivity contribution in [3.63, 3.8) is 0 Å². The first-order valence-electron chi connectivity index (χ1n) is 8.59. The highest BCUT2D eigenvalue weighted by Gasteiger charge is 2.31. The lowest BCUT2D eigenvalue weighted by atomic mass is 9.94. The molecule has 0 bridgehead atoms. The monoisotopic (exact) mass is 349 g/mol. The third-order valence-corrected chi connectivity index (χ3v) is 4.78.